The van der Waals surface area contributed by atoms with Gasteiger partial charge in [-0.25, -0.2) is 0 Å². The lowest BCUT2D eigenvalue weighted by Crippen LogP contribution is -2.26. The lowest BCUT2D eigenvalue weighted by Gasteiger charge is -2.07. The Morgan fingerprint density at radius 1 is 1.12 bits per heavy atom. The highest BCUT2D eigenvalue weighted by molar-refractivity contribution is 8.00. The van der Waals surface area contributed by atoms with E-state index in [-0.39, 0.29) is 17.6 Å². The zero-order chi connectivity index (χ0) is 22.5. The van der Waals surface area contributed by atoms with Gasteiger partial charge in [0.15, 0.2) is 0 Å². The van der Waals surface area contributed by atoms with Crippen LogP contribution in [0.4, 0.5) is 5.69 Å². The second-order valence-corrected chi connectivity index (χ2v) is 9.61. The zero-order valence-corrected chi connectivity index (χ0v) is 19.8. The number of fused-ring (bicyclic) bond motifs is 1. The molecular formula is C24H22ClN3O2S2. The first-order chi connectivity index (χ1) is 15.5. The molecule has 4 aromatic rings. The van der Waals surface area contributed by atoms with Gasteiger partial charge in [-0.3, -0.25) is 9.59 Å². The van der Waals surface area contributed by atoms with Crippen molar-refractivity contribution < 1.29 is 9.59 Å². The summed E-state index contributed by atoms with van der Waals surface area (Å²) in [6.07, 6.45) is 2.04. The molecule has 0 bridgehead atoms. The van der Waals surface area contributed by atoms with E-state index in [2.05, 4.69) is 27.3 Å². The highest BCUT2D eigenvalue weighted by Gasteiger charge is 2.12. The van der Waals surface area contributed by atoms with Gasteiger partial charge >= 0.3 is 0 Å². The summed E-state index contributed by atoms with van der Waals surface area (Å²) in [5.41, 5.74) is 2.74. The van der Waals surface area contributed by atoms with Crippen LogP contribution in [-0.4, -0.2) is 28.7 Å². The number of amides is 2. The molecule has 2 aromatic carbocycles. The number of anilines is 1. The Labute approximate surface area is 199 Å². The zero-order valence-electron chi connectivity index (χ0n) is 17.4. The number of thioether (sulfide) groups is 1. The van der Waals surface area contributed by atoms with Gasteiger partial charge in [0.05, 0.1) is 10.6 Å². The second-order valence-electron chi connectivity index (χ2n) is 7.24. The predicted octanol–water partition coefficient (Wildman–Crippen LogP) is 5.83. The number of nitrogens with zero attached hydrogens (tertiary/aromatic N) is 1. The van der Waals surface area contributed by atoms with Gasteiger partial charge in [0.2, 0.25) is 5.91 Å². The molecule has 0 fully saturated rings. The van der Waals surface area contributed by atoms with Crippen molar-refractivity contribution in [1.29, 1.82) is 0 Å². The van der Waals surface area contributed by atoms with Gasteiger partial charge in [0.1, 0.15) is 0 Å². The summed E-state index contributed by atoms with van der Waals surface area (Å²) in [7, 11) is 0. The molecule has 0 radical (unpaired) electrons. The topological polar surface area (TPSA) is 63.1 Å². The number of carbonyl (C=O) groups is 2. The van der Waals surface area contributed by atoms with Crippen molar-refractivity contribution in [1.82, 2.24) is 9.88 Å². The molecule has 0 saturated heterocycles. The number of carbonyl (C=O) groups excluding carboxylic acids is 2. The van der Waals surface area contributed by atoms with E-state index in [4.69, 9.17) is 11.6 Å². The maximum absolute atomic E-state index is 12.5. The van der Waals surface area contributed by atoms with Gasteiger partial charge in [-0.15, -0.1) is 23.1 Å². The maximum Gasteiger partial charge on any atom is 0.261 e. The number of aromatic nitrogens is 1. The van der Waals surface area contributed by atoms with Crippen molar-refractivity contribution in [2.24, 2.45) is 0 Å². The molecule has 0 saturated carbocycles. The van der Waals surface area contributed by atoms with Crippen LogP contribution in [0.3, 0.4) is 0 Å². The highest BCUT2D eigenvalue weighted by atomic mass is 35.5. The fourth-order valence-electron chi connectivity index (χ4n) is 3.31. The minimum atomic E-state index is -0.0880. The minimum Gasteiger partial charge on any atom is -0.350 e. The van der Waals surface area contributed by atoms with E-state index in [1.807, 2.05) is 54.9 Å². The first kappa shape index (κ1) is 22.5. The summed E-state index contributed by atoms with van der Waals surface area (Å²) in [6.45, 7) is 3.09. The van der Waals surface area contributed by atoms with E-state index in [1.165, 1.54) is 23.1 Å². The van der Waals surface area contributed by atoms with Crippen LogP contribution in [0.1, 0.15) is 15.2 Å². The average molecular weight is 484 g/mol. The van der Waals surface area contributed by atoms with Crippen LogP contribution in [0.25, 0.3) is 10.9 Å². The van der Waals surface area contributed by atoms with Crippen molar-refractivity contribution in [2.75, 3.05) is 17.6 Å². The fourth-order valence-corrected chi connectivity index (χ4v) is 5.02. The molecule has 0 spiro atoms. The van der Waals surface area contributed by atoms with E-state index < -0.39 is 0 Å². The monoisotopic (exact) mass is 483 g/mol. The number of hydrogen-bond donors (Lipinski definition) is 2. The smallest absolute Gasteiger partial charge is 0.261 e. The van der Waals surface area contributed by atoms with Crippen molar-refractivity contribution in [3.8, 4) is 0 Å². The number of rotatable bonds is 8. The number of para-hydroxylation sites is 1. The molecule has 8 heteroatoms. The summed E-state index contributed by atoms with van der Waals surface area (Å²) in [5, 5.41) is 9.47. The van der Waals surface area contributed by atoms with Gasteiger partial charge < -0.3 is 15.2 Å². The Morgan fingerprint density at radius 2 is 1.97 bits per heavy atom. The van der Waals surface area contributed by atoms with Gasteiger partial charge in [-0.2, -0.15) is 0 Å². The highest BCUT2D eigenvalue weighted by Crippen LogP contribution is 2.30. The third kappa shape index (κ3) is 5.35. The molecule has 164 valence electrons. The summed E-state index contributed by atoms with van der Waals surface area (Å²) in [6, 6.07) is 17.3. The van der Waals surface area contributed by atoms with E-state index in [0.29, 0.717) is 28.7 Å². The summed E-state index contributed by atoms with van der Waals surface area (Å²) >= 11 is 9.06. The van der Waals surface area contributed by atoms with Crippen LogP contribution >= 0.6 is 34.7 Å². The normalized spacial score (nSPS) is 10.9. The lowest BCUT2D eigenvalue weighted by atomic mass is 10.2. The molecule has 2 amide bonds. The van der Waals surface area contributed by atoms with Gasteiger partial charge in [-0.1, -0.05) is 41.9 Å². The van der Waals surface area contributed by atoms with Crippen molar-refractivity contribution in [3.63, 3.8) is 0 Å². The molecule has 5 nitrogen and oxygen atoms in total. The van der Waals surface area contributed by atoms with Crippen molar-refractivity contribution >= 4 is 63.1 Å². The Hall–Kier alpha value is -2.74. The molecule has 0 aliphatic heterocycles. The van der Waals surface area contributed by atoms with Crippen LogP contribution in [0, 0.1) is 6.92 Å². The lowest BCUT2D eigenvalue weighted by molar-refractivity contribution is -0.113. The van der Waals surface area contributed by atoms with Crippen molar-refractivity contribution in [2.45, 2.75) is 18.4 Å². The standard InChI is InChI=1S/C24H22ClN3O2S2/c1-16-8-9-17(13-19(16)25)27-23(29)15-32-22-14-28(20-6-3-2-5-18(20)22)11-10-26-24(30)21-7-4-12-31-21/h2-9,12-14H,10-11,15H2,1H3,(H,26,30)(H,27,29). The molecule has 2 aromatic heterocycles. The Balaban J connectivity index is 1.39. The largest absolute Gasteiger partial charge is 0.350 e. The Kier molecular flexibility index (Phi) is 7.19. The quantitative estimate of drug-likeness (QED) is 0.310. The van der Waals surface area contributed by atoms with Crippen molar-refractivity contribution in [3.05, 3.63) is 81.6 Å². The Bertz CT molecular complexity index is 1250. The molecule has 32 heavy (non-hydrogen) atoms. The van der Waals surface area contributed by atoms with Crippen LogP contribution in [0.5, 0.6) is 0 Å². The summed E-state index contributed by atoms with van der Waals surface area (Å²) in [5.74, 6) is 0.142. The molecule has 0 unspecified atom stereocenters. The van der Waals surface area contributed by atoms with E-state index in [9.17, 15) is 9.59 Å². The van der Waals surface area contributed by atoms with E-state index >= 15 is 0 Å². The van der Waals surface area contributed by atoms with Crippen LogP contribution < -0.4 is 10.6 Å². The second kappa shape index (κ2) is 10.3. The third-order valence-electron chi connectivity index (χ3n) is 4.95. The van der Waals surface area contributed by atoms with E-state index in [1.54, 1.807) is 6.07 Å². The molecule has 2 heterocycles. The molecule has 4 rings (SSSR count). The molecule has 0 atom stereocenters. The fraction of sp³-hybridized carbons (Fsp3) is 0.167. The molecular weight excluding hydrogens is 462 g/mol. The number of nitrogens with one attached hydrogen (secondary N) is 2. The SMILES string of the molecule is Cc1ccc(NC(=O)CSc2cn(CCNC(=O)c3cccs3)c3ccccc23)cc1Cl. The van der Waals surface area contributed by atoms with Gasteiger partial charge in [-0.05, 0) is 42.1 Å². The van der Waals surface area contributed by atoms with Gasteiger partial charge in [0.25, 0.3) is 5.91 Å². The maximum atomic E-state index is 12.5. The van der Waals surface area contributed by atoms with Gasteiger partial charge in [0, 0.05) is 45.8 Å². The number of halogens is 1. The average Bonchev–Trinajstić information content (AvgIpc) is 3.44. The number of thiophene rings is 1. The Morgan fingerprint density at radius 3 is 2.75 bits per heavy atom. The van der Waals surface area contributed by atoms with E-state index in [0.717, 1.165) is 21.4 Å². The summed E-state index contributed by atoms with van der Waals surface area (Å²) in [4.78, 5) is 26.4. The molecule has 0 aliphatic rings. The minimum absolute atomic E-state index is 0.0565. The number of hydrogen-bond acceptors (Lipinski definition) is 4. The predicted molar refractivity (Wildman–Crippen MR) is 134 cm³/mol. The first-order valence-electron chi connectivity index (χ1n) is 10.1. The summed E-state index contributed by atoms with van der Waals surface area (Å²) < 4.78 is 2.12. The number of aryl methyl sites for hydroxylation is 1. The number of benzene rings is 2. The van der Waals surface area contributed by atoms with Crippen LogP contribution in [0.15, 0.2) is 71.1 Å². The third-order valence-corrected chi connectivity index (χ3v) is 7.27. The molecule has 2 N–H and O–H groups in total. The van der Waals surface area contributed by atoms with Crippen LogP contribution in [-0.2, 0) is 11.3 Å². The first-order valence-corrected chi connectivity index (χ1v) is 12.3. The van der Waals surface area contributed by atoms with Crippen LogP contribution in [0.2, 0.25) is 5.02 Å². The molecule has 0 aliphatic carbocycles.